The molecule has 9 heteroatoms. The van der Waals surface area contributed by atoms with Crippen LogP contribution in [0.3, 0.4) is 0 Å². The molecule has 0 aromatic heterocycles. The van der Waals surface area contributed by atoms with E-state index < -0.39 is 16.7 Å². The monoisotopic (exact) mass is 441 g/mol. The van der Waals surface area contributed by atoms with E-state index in [0.29, 0.717) is 5.56 Å². The number of hydrazone groups is 2. The lowest BCUT2D eigenvalue weighted by atomic mass is 10.1. The van der Waals surface area contributed by atoms with E-state index in [2.05, 4.69) is 21.1 Å². The lowest BCUT2D eigenvalue weighted by Gasteiger charge is -2.05. The molecule has 3 rings (SSSR count). The van der Waals surface area contributed by atoms with Gasteiger partial charge >= 0.3 is 0 Å². The van der Waals surface area contributed by atoms with Crippen molar-refractivity contribution >= 4 is 36.0 Å². The van der Waals surface area contributed by atoms with Gasteiger partial charge in [-0.15, -0.1) is 0 Å². The van der Waals surface area contributed by atoms with Gasteiger partial charge in [0.1, 0.15) is 5.57 Å². The summed E-state index contributed by atoms with van der Waals surface area (Å²) in [6.45, 7) is 0. The van der Waals surface area contributed by atoms with Crippen molar-refractivity contribution in [2.75, 3.05) is 0 Å². The van der Waals surface area contributed by atoms with Gasteiger partial charge in [-0.25, -0.2) is 10.9 Å². The minimum absolute atomic E-state index is 0.109. The smallest absolute Gasteiger partial charge is 0.267 e. The first-order valence-corrected chi connectivity index (χ1v) is 9.76. The summed E-state index contributed by atoms with van der Waals surface area (Å²) < 4.78 is 0. The summed E-state index contributed by atoms with van der Waals surface area (Å²) in [6, 6.07) is 23.6. The molecular weight excluding hydrogens is 422 g/mol. The first kappa shape index (κ1) is 22.8. The van der Waals surface area contributed by atoms with Gasteiger partial charge in [-0.1, -0.05) is 60.7 Å². The quantitative estimate of drug-likeness (QED) is 0.139. The topological polar surface area (TPSA) is 126 Å². The number of rotatable bonds is 8. The third-order valence-corrected chi connectivity index (χ3v) is 4.26. The second-order valence-corrected chi connectivity index (χ2v) is 6.63. The van der Waals surface area contributed by atoms with E-state index >= 15 is 0 Å². The molecule has 0 radical (unpaired) electrons. The standard InChI is InChI=1S/C24H19N5O4/c30-23(27-25-16-19-7-3-1-4-8-19)22(15-18-11-13-21(14-12-18)29(32)33)24(31)28-26-17-20-9-5-2-6-10-20/h1-17H,(H,27,30)(H,28,31)/b25-16+,26-17+. The Hall–Kier alpha value is -4.92. The highest BCUT2D eigenvalue weighted by molar-refractivity contribution is 6.21. The predicted octanol–water partition coefficient (Wildman–Crippen LogP) is 3.28. The molecule has 0 aliphatic heterocycles. The van der Waals surface area contributed by atoms with Crippen molar-refractivity contribution in [2.45, 2.75) is 0 Å². The lowest BCUT2D eigenvalue weighted by Crippen LogP contribution is -2.30. The van der Waals surface area contributed by atoms with Crippen LogP contribution >= 0.6 is 0 Å². The highest BCUT2D eigenvalue weighted by Gasteiger charge is 2.18. The van der Waals surface area contributed by atoms with Crippen molar-refractivity contribution in [1.82, 2.24) is 10.9 Å². The van der Waals surface area contributed by atoms with Crippen LogP contribution in [0, 0.1) is 10.1 Å². The zero-order valence-electron chi connectivity index (χ0n) is 17.3. The Balaban J connectivity index is 1.79. The highest BCUT2D eigenvalue weighted by Crippen LogP contribution is 2.15. The number of carbonyl (C=O) groups is 2. The summed E-state index contributed by atoms with van der Waals surface area (Å²) >= 11 is 0. The zero-order chi connectivity index (χ0) is 23.5. The number of hydrogen-bond donors (Lipinski definition) is 2. The molecule has 0 bridgehead atoms. The molecule has 2 amide bonds. The van der Waals surface area contributed by atoms with Gasteiger partial charge in [0.2, 0.25) is 0 Å². The van der Waals surface area contributed by atoms with Gasteiger partial charge in [-0.3, -0.25) is 19.7 Å². The van der Waals surface area contributed by atoms with E-state index in [1.54, 1.807) is 24.3 Å². The van der Waals surface area contributed by atoms with Crippen LogP contribution in [0.1, 0.15) is 16.7 Å². The first-order chi connectivity index (χ1) is 16.0. The van der Waals surface area contributed by atoms with Crippen molar-refractivity contribution in [3.63, 3.8) is 0 Å². The molecule has 0 atom stereocenters. The Morgan fingerprint density at radius 1 is 0.697 bits per heavy atom. The van der Waals surface area contributed by atoms with Crippen LogP contribution in [0.25, 0.3) is 6.08 Å². The van der Waals surface area contributed by atoms with Crippen LogP contribution in [-0.4, -0.2) is 29.2 Å². The number of carbonyl (C=O) groups excluding carboxylic acids is 2. The van der Waals surface area contributed by atoms with Crippen LogP contribution in [0.5, 0.6) is 0 Å². The minimum Gasteiger partial charge on any atom is -0.267 e. The molecule has 33 heavy (non-hydrogen) atoms. The molecule has 3 aromatic rings. The summed E-state index contributed by atoms with van der Waals surface area (Å²) in [5.41, 5.74) is 6.17. The van der Waals surface area contributed by atoms with Crippen molar-refractivity contribution in [3.8, 4) is 0 Å². The molecule has 0 aliphatic carbocycles. The Labute approximate surface area is 189 Å². The normalized spacial score (nSPS) is 10.7. The summed E-state index contributed by atoms with van der Waals surface area (Å²) in [4.78, 5) is 35.7. The molecular formula is C24H19N5O4. The Morgan fingerprint density at radius 2 is 1.15 bits per heavy atom. The Morgan fingerprint density at radius 3 is 1.58 bits per heavy atom. The number of nitro benzene ring substituents is 1. The van der Waals surface area contributed by atoms with Crippen molar-refractivity contribution in [2.24, 2.45) is 10.2 Å². The molecule has 0 saturated heterocycles. The number of amides is 2. The number of benzene rings is 3. The van der Waals surface area contributed by atoms with E-state index in [1.807, 2.05) is 36.4 Å². The minimum atomic E-state index is -0.770. The summed E-state index contributed by atoms with van der Waals surface area (Å²) in [5.74, 6) is -1.54. The molecule has 0 unspecified atom stereocenters. The first-order valence-electron chi connectivity index (χ1n) is 9.76. The summed E-state index contributed by atoms with van der Waals surface area (Å²) in [6.07, 6.45) is 4.17. The van der Waals surface area contributed by atoms with E-state index in [9.17, 15) is 19.7 Å². The molecule has 9 nitrogen and oxygen atoms in total. The summed E-state index contributed by atoms with van der Waals surface area (Å²) in [7, 11) is 0. The van der Waals surface area contributed by atoms with E-state index in [0.717, 1.165) is 11.1 Å². The van der Waals surface area contributed by atoms with Crippen molar-refractivity contribution in [1.29, 1.82) is 0 Å². The SMILES string of the molecule is O=C(N/N=C/c1ccccc1)C(=Cc1ccc([N+](=O)[O-])cc1)C(=O)N/N=C/c1ccccc1. The number of hydrogen-bond acceptors (Lipinski definition) is 6. The molecule has 0 saturated carbocycles. The van der Waals surface area contributed by atoms with E-state index in [-0.39, 0.29) is 11.3 Å². The molecule has 2 N–H and O–H groups in total. The Bertz CT molecular complexity index is 1140. The van der Waals surface area contributed by atoms with Gasteiger partial charge in [0.25, 0.3) is 17.5 Å². The number of non-ortho nitro benzene ring substituents is 1. The maximum Gasteiger partial charge on any atom is 0.277 e. The zero-order valence-corrected chi connectivity index (χ0v) is 17.3. The average molecular weight is 441 g/mol. The van der Waals surface area contributed by atoms with Gasteiger partial charge in [-0.05, 0) is 34.9 Å². The van der Waals surface area contributed by atoms with Crippen LogP contribution in [0.4, 0.5) is 5.69 Å². The largest absolute Gasteiger partial charge is 0.277 e. The predicted molar refractivity (Wildman–Crippen MR) is 125 cm³/mol. The molecule has 3 aromatic carbocycles. The van der Waals surface area contributed by atoms with Crippen LogP contribution in [0.2, 0.25) is 0 Å². The molecule has 0 aliphatic rings. The maximum atomic E-state index is 12.7. The Kier molecular flexibility index (Phi) is 7.91. The molecule has 0 fully saturated rings. The fourth-order valence-electron chi connectivity index (χ4n) is 2.62. The van der Waals surface area contributed by atoms with E-state index in [4.69, 9.17) is 0 Å². The molecule has 0 spiro atoms. The average Bonchev–Trinajstić information content (AvgIpc) is 2.84. The third-order valence-electron chi connectivity index (χ3n) is 4.26. The van der Waals surface area contributed by atoms with Crippen molar-refractivity contribution < 1.29 is 14.5 Å². The van der Waals surface area contributed by atoms with Crippen LogP contribution in [0.15, 0.2) is 101 Å². The van der Waals surface area contributed by atoms with Gasteiger partial charge in [-0.2, -0.15) is 10.2 Å². The number of nitrogens with zero attached hydrogens (tertiary/aromatic N) is 3. The third kappa shape index (κ3) is 7.07. The maximum absolute atomic E-state index is 12.7. The van der Waals surface area contributed by atoms with Gasteiger partial charge in [0, 0.05) is 12.1 Å². The second-order valence-electron chi connectivity index (χ2n) is 6.63. The second kappa shape index (κ2) is 11.5. The van der Waals surface area contributed by atoms with Crippen LogP contribution < -0.4 is 10.9 Å². The summed E-state index contributed by atoms with van der Waals surface area (Å²) in [5, 5.41) is 18.6. The molecule has 0 heterocycles. The lowest BCUT2D eigenvalue weighted by molar-refractivity contribution is -0.384. The highest BCUT2D eigenvalue weighted by atomic mass is 16.6. The number of nitro groups is 1. The fourth-order valence-corrected chi connectivity index (χ4v) is 2.62. The molecule has 164 valence electrons. The number of nitrogens with one attached hydrogen (secondary N) is 2. The van der Waals surface area contributed by atoms with Crippen molar-refractivity contribution in [3.05, 3.63) is 117 Å². The van der Waals surface area contributed by atoms with E-state index in [1.165, 1.54) is 42.8 Å². The van der Waals surface area contributed by atoms with Gasteiger partial charge in [0.15, 0.2) is 0 Å². The van der Waals surface area contributed by atoms with Gasteiger partial charge in [0.05, 0.1) is 17.4 Å². The fraction of sp³-hybridized carbons (Fsp3) is 0. The van der Waals surface area contributed by atoms with Gasteiger partial charge < -0.3 is 0 Å². The van der Waals surface area contributed by atoms with Crippen LogP contribution in [-0.2, 0) is 9.59 Å².